The van der Waals surface area contributed by atoms with Crippen LogP contribution in [-0.2, 0) is 6.54 Å². The standard InChI is InChI=1S/C15H17F2N3O/c1-20(2)14-13(4-3-9-18-14)19-10-11-5-7-12(8-6-11)21-15(16)17/h3-9,15,19H,10H2,1-2H3. The quantitative estimate of drug-likeness (QED) is 0.886. The lowest BCUT2D eigenvalue weighted by Crippen LogP contribution is -2.13. The summed E-state index contributed by atoms with van der Waals surface area (Å²) in [5.74, 6) is 0.999. The molecule has 0 bridgehead atoms. The molecule has 1 N–H and O–H groups in total. The molecule has 0 aliphatic heterocycles. The number of ether oxygens (including phenoxy) is 1. The smallest absolute Gasteiger partial charge is 0.387 e. The van der Waals surface area contributed by atoms with E-state index in [9.17, 15) is 8.78 Å². The summed E-state index contributed by atoms with van der Waals surface area (Å²) in [6, 6.07) is 10.3. The number of hydrogen-bond acceptors (Lipinski definition) is 4. The van der Waals surface area contributed by atoms with Crippen molar-refractivity contribution < 1.29 is 13.5 Å². The van der Waals surface area contributed by atoms with Gasteiger partial charge in [0.25, 0.3) is 0 Å². The largest absolute Gasteiger partial charge is 0.435 e. The average molecular weight is 293 g/mol. The highest BCUT2D eigenvalue weighted by atomic mass is 19.3. The van der Waals surface area contributed by atoms with E-state index >= 15 is 0 Å². The van der Waals surface area contributed by atoms with Gasteiger partial charge < -0.3 is 15.0 Å². The average Bonchev–Trinajstić information content (AvgIpc) is 2.46. The Labute approximate surface area is 122 Å². The molecule has 2 aromatic rings. The molecule has 4 nitrogen and oxygen atoms in total. The van der Waals surface area contributed by atoms with Gasteiger partial charge in [0.05, 0.1) is 5.69 Å². The maximum Gasteiger partial charge on any atom is 0.387 e. The molecular formula is C15H17F2N3O. The first-order valence-electron chi connectivity index (χ1n) is 6.46. The third-order valence-corrected chi connectivity index (χ3v) is 2.84. The molecule has 0 unspecified atom stereocenters. The number of nitrogens with zero attached hydrogens (tertiary/aromatic N) is 2. The van der Waals surface area contributed by atoms with Crippen molar-refractivity contribution >= 4 is 11.5 Å². The number of pyridine rings is 1. The third kappa shape index (κ3) is 4.30. The Kier molecular flexibility index (Phi) is 4.92. The number of anilines is 2. The first-order valence-corrected chi connectivity index (χ1v) is 6.46. The second kappa shape index (κ2) is 6.88. The van der Waals surface area contributed by atoms with Crippen LogP contribution in [0.3, 0.4) is 0 Å². The first-order chi connectivity index (χ1) is 10.1. The Bertz CT molecular complexity index is 573. The number of rotatable bonds is 6. The van der Waals surface area contributed by atoms with Crippen LogP contribution in [-0.4, -0.2) is 25.7 Å². The van der Waals surface area contributed by atoms with E-state index in [2.05, 4.69) is 15.0 Å². The lowest BCUT2D eigenvalue weighted by Gasteiger charge is -2.17. The molecule has 2 rings (SSSR count). The summed E-state index contributed by atoms with van der Waals surface area (Å²) in [5, 5.41) is 3.28. The van der Waals surface area contributed by atoms with E-state index in [1.807, 2.05) is 31.1 Å². The topological polar surface area (TPSA) is 37.4 Å². The van der Waals surface area contributed by atoms with E-state index in [1.165, 1.54) is 12.1 Å². The fraction of sp³-hybridized carbons (Fsp3) is 0.267. The molecule has 0 radical (unpaired) electrons. The fourth-order valence-electron chi connectivity index (χ4n) is 1.88. The van der Waals surface area contributed by atoms with E-state index < -0.39 is 6.61 Å². The second-order valence-corrected chi connectivity index (χ2v) is 4.65. The SMILES string of the molecule is CN(C)c1ncccc1NCc1ccc(OC(F)F)cc1. The Morgan fingerprint density at radius 3 is 2.52 bits per heavy atom. The number of nitrogens with one attached hydrogen (secondary N) is 1. The number of alkyl halides is 2. The highest BCUT2D eigenvalue weighted by Gasteiger charge is 2.06. The van der Waals surface area contributed by atoms with E-state index in [1.54, 1.807) is 18.3 Å². The lowest BCUT2D eigenvalue weighted by atomic mass is 10.2. The van der Waals surface area contributed by atoms with Crippen molar-refractivity contribution in [2.24, 2.45) is 0 Å². The second-order valence-electron chi connectivity index (χ2n) is 4.65. The van der Waals surface area contributed by atoms with Gasteiger partial charge in [0, 0.05) is 26.8 Å². The normalized spacial score (nSPS) is 10.5. The summed E-state index contributed by atoms with van der Waals surface area (Å²) in [6.07, 6.45) is 1.73. The summed E-state index contributed by atoms with van der Waals surface area (Å²) in [5.41, 5.74) is 1.88. The Hall–Kier alpha value is -2.37. The van der Waals surface area contributed by atoms with Crippen LogP contribution in [0.4, 0.5) is 20.3 Å². The minimum Gasteiger partial charge on any atom is -0.435 e. The van der Waals surface area contributed by atoms with Crippen LogP contribution in [0.5, 0.6) is 5.75 Å². The minimum absolute atomic E-state index is 0.157. The van der Waals surface area contributed by atoms with Gasteiger partial charge in [0.1, 0.15) is 5.75 Å². The van der Waals surface area contributed by atoms with E-state index in [-0.39, 0.29) is 5.75 Å². The molecule has 0 spiro atoms. The van der Waals surface area contributed by atoms with Crippen molar-refractivity contribution in [2.75, 3.05) is 24.3 Å². The van der Waals surface area contributed by atoms with Gasteiger partial charge in [-0.2, -0.15) is 8.78 Å². The van der Waals surface area contributed by atoms with Crippen molar-refractivity contribution in [1.82, 2.24) is 4.98 Å². The Morgan fingerprint density at radius 2 is 1.90 bits per heavy atom. The van der Waals surface area contributed by atoms with Gasteiger partial charge >= 0.3 is 6.61 Å². The molecule has 0 saturated heterocycles. The van der Waals surface area contributed by atoms with Crippen LogP contribution in [0.1, 0.15) is 5.56 Å². The predicted octanol–water partition coefficient (Wildman–Crippen LogP) is 3.36. The van der Waals surface area contributed by atoms with Crippen molar-refractivity contribution in [2.45, 2.75) is 13.2 Å². The minimum atomic E-state index is -2.80. The number of hydrogen-bond donors (Lipinski definition) is 1. The molecule has 1 aromatic carbocycles. The zero-order valence-corrected chi connectivity index (χ0v) is 11.9. The molecule has 0 atom stereocenters. The van der Waals surface area contributed by atoms with Crippen LogP contribution in [0.15, 0.2) is 42.6 Å². The van der Waals surface area contributed by atoms with Gasteiger partial charge in [-0.15, -0.1) is 0 Å². The van der Waals surface area contributed by atoms with Gasteiger partial charge in [0.2, 0.25) is 0 Å². The van der Waals surface area contributed by atoms with Crippen molar-refractivity contribution in [3.05, 3.63) is 48.2 Å². The highest BCUT2D eigenvalue weighted by Crippen LogP contribution is 2.21. The van der Waals surface area contributed by atoms with Crippen LogP contribution < -0.4 is 15.0 Å². The molecule has 1 aromatic heterocycles. The Balaban J connectivity index is 2.00. The van der Waals surface area contributed by atoms with Crippen molar-refractivity contribution in [1.29, 1.82) is 0 Å². The number of halogens is 2. The van der Waals surface area contributed by atoms with Gasteiger partial charge in [0.15, 0.2) is 5.82 Å². The van der Waals surface area contributed by atoms with Gasteiger partial charge in [-0.3, -0.25) is 0 Å². The van der Waals surface area contributed by atoms with Gasteiger partial charge in [-0.25, -0.2) is 4.98 Å². The summed E-state index contributed by atoms with van der Waals surface area (Å²) >= 11 is 0. The molecular weight excluding hydrogens is 276 g/mol. The molecule has 21 heavy (non-hydrogen) atoms. The summed E-state index contributed by atoms with van der Waals surface area (Å²) in [7, 11) is 3.84. The lowest BCUT2D eigenvalue weighted by molar-refractivity contribution is -0.0498. The third-order valence-electron chi connectivity index (χ3n) is 2.84. The van der Waals surface area contributed by atoms with Crippen LogP contribution in [0.2, 0.25) is 0 Å². The maximum atomic E-state index is 12.1. The zero-order chi connectivity index (χ0) is 15.2. The number of aromatic nitrogens is 1. The molecule has 6 heteroatoms. The van der Waals surface area contributed by atoms with Gasteiger partial charge in [-0.1, -0.05) is 12.1 Å². The molecule has 0 aliphatic carbocycles. The van der Waals surface area contributed by atoms with Crippen molar-refractivity contribution in [3.8, 4) is 5.75 Å². The zero-order valence-electron chi connectivity index (χ0n) is 11.9. The molecule has 0 saturated carbocycles. The van der Waals surface area contributed by atoms with Crippen molar-refractivity contribution in [3.63, 3.8) is 0 Å². The predicted molar refractivity (Wildman–Crippen MR) is 79.0 cm³/mol. The monoisotopic (exact) mass is 293 g/mol. The fourth-order valence-corrected chi connectivity index (χ4v) is 1.88. The summed E-state index contributed by atoms with van der Waals surface area (Å²) < 4.78 is 28.4. The highest BCUT2D eigenvalue weighted by molar-refractivity contribution is 5.64. The van der Waals surface area contributed by atoms with Crippen LogP contribution >= 0.6 is 0 Å². The Morgan fingerprint density at radius 1 is 1.19 bits per heavy atom. The van der Waals surface area contributed by atoms with E-state index in [0.717, 1.165) is 17.1 Å². The van der Waals surface area contributed by atoms with E-state index in [0.29, 0.717) is 6.54 Å². The summed E-state index contributed by atoms with van der Waals surface area (Å²) in [6.45, 7) is -2.23. The number of benzene rings is 1. The molecule has 1 heterocycles. The summed E-state index contributed by atoms with van der Waals surface area (Å²) in [4.78, 5) is 6.22. The van der Waals surface area contributed by atoms with Gasteiger partial charge in [-0.05, 0) is 29.8 Å². The van der Waals surface area contributed by atoms with Crippen LogP contribution in [0.25, 0.3) is 0 Å². The molecule has 0 amide bonds. The molecule has 0 aliphatic rings. The maximum absolute atomic E-state index is 12.1. The van der Waals surface area contributed by atoms with Crippen LogP contribution in [0, 0.1) is 0 Å². The van der Waals surface area contributed by atoms with E-state index in [4.69, 9.17) is 0 Å². The molecule has 0 fully saturated rings. The first kappa shape index (κ1) is 15.0. The molecule has 112 valence electrons.